The number of halogens is 2. The Labute approximate surface area is 272 Å². The second-order valence-corrected chi connectivity index (χ2v) is 20.2. The minimum atomic E-state index is -4.36. The first-order chi connectivity index (χ1) is 21.2. The van der Waals surface area contributed by atoms with Crippen molar-refractivity contribution in [2.45, 2.75) is 44.0 Å². The number of aromatic nitrogens is 4. The zero-order valence-electron chi connectivity index (χ0n) is 26.2. The van der Waals surface area contributed by atoms with Crippen molar-refractivity contribution in [2.24, 2.45) is 0 Å². The highest BCUT2D eigenvalue weighted by molar-refractivity contribution is 9.10. The Balaban J connectivity index is 2.00. The molecular formula is C30H37BrFN5O6SSi. The van der Waals surface area contributed by atoms with Crippen LogP contribution in [0.25, 0.3) is 17.2 Å². The van der Waals surface area contributed by atoms with E-state index in [1.165, 1.54) is 55.3 Å². The minimum absolute atomic E-state index is 0.0482. The van der Waals surface area contributed by atoms with E-state index in [-0.39, 0.29) is 28.4 Å². The highest BCUT2D eigenvalue weighted by Crippen LogP contribution is 2.40. The number of aliphatic hydroxyl groups excluding tert-OH is 1. The Bertz CT molecular complexity index is 1750. The van der Waals surface area contributed by atoms with Crippen molar-refractivity contribution in [3.8, 4) is 34.6 Å². The maximum absolute atomic E-state index is 14.6. The number of para-hydroxylation sites is 1. The summed E-state index contributed by atoms with van der Waals surface area (Å²) in [5.41, 5.74) is 0.934. The molecule has 4 aromatic rings. The molecule has 2 heterocycles. The number of benzene rings is 2. The smallest absolute Gasteiger partial charge is 0.246 e. The summed E-state index contributed by atoms with van der Waals surface area (Å²) in [6, 6.07) is 14.6. The number of hydrogen-bond acceptors (Lipinski definition) is 9. The summed E-state index contributed by atoms with van der Waals surface area (Å²) in [6.07, 6.45) is -1.50. The van der Waals surface area contributed by atoms with Crippen LogP contribution in [-0.2, 0) is 10.0 Å². The van der Waals surface area contributed by atoms with Gasteiger partial charge in [-0.1, -0.05) is 53.8 Å². The summed E-state index contributed by atoms with van der Waals surface area (Å²) >= 11 is 3.26. The molecule has 2 aromatic heterocycles. The molecule has 0 fully saturated rings. The number of hydrogen-bond donors (Lipinski definition) is 1. The third-order valence-corrected chi connectivity index (χ3v) is 11.8. The van der Waals surface area contributed by atoms with Gasteiger partial charge in [-0.25, -0.2) is 22.1 Å². The lowest BCUT2D eigenvalue weighted by molar-refractivity contribution is 0.175. The lowest BCUT2D eigenvalue weighted by atomic mass is 10.1. The molecule has 0 unspecified atom stereocenters. The number of nitrogens with zero attached hydrogens (tertiary/aromatic N) is 5. The number of rotatable bonds is 13. The van der Waals surface area contributed by atoms with Gasteiger partial charge < -0.3 is 19.3 Å². The molecule has 0 spiro atoms. The molecule has 0 bridgehead atoms. The molecule has 0 amide bonds. The standard InChI is InChI=1S/C30H37BrFN5O6SSi/c1-19(28(38)21-15-14-20(32)18-22(21)31)44(39,40)36(16-17-45(5,6)7)30-35-34-29(23-10-8-13-26(33-23)43-4)37(30)27-24(41-2)11-9-12-25(27)42-3/h8-15,18-19,28,38H,16-17H2,1-7H3/t19-,28+/m1/s1. The minimum Gasteiger partial charge on any atom is -0.494 e. The Kier molecular flexibility index (Phi) is 10.6. The van der Waals surface area contributed by atoms with Crippen LogP contribution in [0.4, 0.5) is 10.3 Å². The monoisotopic (exact) mass is 721 g/mol. The van der Waals surface area contributed by atoms with Crippen LogP contribution in [0.2, 0.25) is 25.7 Å². The quantitative estimate of drug-likeness (QED) is 0.169. The van der Waals surface area contributed by atoms with Crippen molar-refractivity contribution in [3.05, 3.63) is 70.5 Å². The largest absolute Gasteiger partial charge is 0.494 e. The molecule has 0 saturated carbocycles. The van der Waals surface area contributed by atoms with E-state index in [4.69, 9.17) is 14.2 Å². The molecule has 15 heteroatoms. The van der Waals surface area contributed by atoms with E-state index in [0.717, 1.165) is 0 Å². The third-order valence-electron chi connectivity index (χ3n) is 7.22. The Hall–Kier alpha value is -3.53. The summed E-state index contributed by atoms with van der Waals surface area (Å²) in [7, 11) is -1.72. The van der Waals surface area contributed by atoms with Crippen LogP contribution in [-0.4, -0.2) is 74.5 Å². The lowest BCUT2D eigenvalue weighted by Gasteiger charge is -2.31. The topological polar surface area (TPSA) is 129 Å². The van der Waals surface area contributed by atoms with Gasteiger partial charge in [0, 0.05) is 25.2 Å². The third kappa shape index (κ3) is 7.32. The van der Waals surface area contributed by atoms with Crippen LogP contribution in [0.1, 0.15) is 18.6 Å². The summed E-state index contributed by atoms with van der Waals surface area (Å²) in [5.74, 6) is 0.682. The molecule has 2 aromatic carbocycles. The first kappa shape index (κ1) is 34.3. The van der Waals surface area contributed by atoms with Gasteiger partial charge in [0.2, 0.25) is 21.9 Å². The molecule has 0 aliphatic carbocycles. The van der Waals surface area contributed by atoms with Crippen molar-refractivity contribution in [3.63, 3.8) is 0 Å². The molecule has 242 valence electrons. The normalized spacial score (nSPS) is 13.3. The number of aliphatic hydroxyl groups is 1. The van der Waals surface area contributed by atoms with Gasteiger partial charge in [0.15, 0.2) is 5.82 Å². The van der Waals surface area contributed by atoms with E-state index in [2.05, 4.69) is 50.8 Å². The van der Waals surface area contributed by atoms with E-state index in [0.29, 0.717) is 34.8 Å². The number of anilines is 1. The predicted octanol–water partition coefficient (Wildman–Crippen LogP) is 5.85. The highest BCUT2D eigenvalue weighted by atomic mass is 79.9. The van der Waals surface area contributed by atoms with Gasteiger partial charge in [-0.3, -0.25) is 4.57 Å². The number of sulfonamides is 1. The molecule has 0 saturated heterocycles. The zero-order valence-corrected chi connectivity index (χ0v) is 29.6. The average Bonchev–Trinajstić information content (AvgIpc) is 3.43. The van der Waals surface area contributed by atoms with E-state index < -0.39 is 35.3 Å². The fraction of sp³-hybridized carbons (Fsp3) is 0.367. The molecule has 0 aliphatic heterocycles. The van der Waals surface area contributed by atoms with Gasteiger partial charge in [0.05, 0.1) is 27.4 Å². The van der Waals surface area contributed by atoms with Crippen LogP contribution in [0.5, 0.6) is 17.4 Å². The van der Waals surface area contributed by atoms with Gasteiger partial charge in [-0.2, -0.15) is 0 Å². The molecule has 0 radical (unpaired) electrons. The molecule has 4 rings (SSSR count). The predicted molar refractivity (Wildman–Crippen MR) is 177 cm³/mol. The average molecular weight is 723 g/mol. The zero-order chi connectivity index (χ0) is 33.1. The van der Waals surface area contributed by atoms with Crippen LogP contribution in [0, 0.1) is 5.82 Å². The van der Waals surface area contributed by atoms with E-state index >= 15 is 0 Å². The van der Waals surface area contributed by atoms with E-state index in [1.807, 2.05) is 0 Å². The SMILES string of the molecule is COc1cccc(-c2nnc(N(CC[Si](C)(C)C)S(=O)(=O)[C@H](C)[C@H](O)c3ccc(F)cc3Br)n2-c2c(OC)cccc2OC)n1. The highest BCUT2D eigenvalue weighted by Gasteiger charge is 2.40. The summed E-state index contributed by atoms with van der Waals surface area (Å²) in [5, 5.41) is 18.8. The van der Waals surface area contributed by atoms with Crippen molar-refractivity contribution >= 4 is 40.0 Å². The van der Waals surface area contributed by atoms with Gasteiger partial charge in [-0.15, -0.1) is 10.2 Å². The summed E-state index contributed by atoms with van der Waals surface area (Å²) < 4.78 is 62.7. The van der Waals surface area contributed by atoms with Crippen LogP contribution in [0.3, 0.4) is 0 Å². The van der Waals surface area contributed by atoms with Crippen molar-refractivity contribution in [1.29, 1.82) is 0 Å². The number of methoxy groups -OCH3 is 3. The first-order valence-corrected chi connectivity index (χ1v) is 20.1. The molecule has 1 N–H and O–H groups in total. The van der Waals surface area contributed by atoms with Gasteiger partial charge in [-0.05, 0) is 48.9 Å². The second kappa shape index (κ2) is 13.8. The fourth-order valence-electron chi connectivity index (χ4n) is 4.65. The first-order valence-electron chi connectivity index (χ1n) is 14.1. The van der Waals surface area contributed by atoms with E-state index in [9.17, 15) is 17.9 Å². The van der Waals surface area contributed by atoms with Gasteiger partial charge in [0.25, 0.3) is 0 Å². The fourth-order valence-corrected chi connectivity index (χ4v) is 7.86. The second-order valence-electron chi connectivity index (χ2n) is 11.5. The molecular weight excluding hydrogens is 685 g/mol. The Morgan fingerprint density at radius 2 is 1.64 bits per heavy atom. The summed E-state index contributed by atoms with van der Waals surface area (Å²) in [4.78, 5) is 4.53. The van der Waals surface area contributed by atoms with E-state index in [1.54, 1.807) is 36.4 Å². The number of pyridine rings is 1. The van der Waals surface area contributed by atoms with Crippen LogP contribution >= 0.6 is 15.9 Å². The van der Waals surface area contributed by atoms with Crippen molar-refractivity contribution in [2.75, 3.05) is 32.2 Å². The van der Waals surface area contributed by atoms with Crippen molar-refractivity contribution in [1.82, 2.24) is 19.7 Å². The Morgan fingerprint density at radius 3 is 2.22 bits per heavy atom. The van der Waals surface area contributed by atoms with Gasteiger partial charge in [0.1, 0.15) is 33.9 Å². The van der Waals surface area contributed by atoms with Gasteiger partial charge >= 0.3 is 0 Å². The molecule has 0 aliphatic rings. The van der Waals surface area contributed by atoms with Crippen LogP contribution < -0.4 is 18.5 Å². The summed E-state index contributed by atoms with van der Waals surface area (Å²) in [6.45, 7) is 7.86. The van der Waals surface area contributed by atoms with Crippen molar-refractivity contribution < 1.29 is 32.1 Å². The maximum atomic E-state index is 14.6. The number of ether oxygens (including phenoxy) is 3. The maximum Gasteiger partial charge on any atom is 0.246 e. The van der Waals surface area contributed by atoms with Crippen LogP contribution in [0.15, 0.2) is 59.1 Å². The lowest BCUT2D eigenvalue weighted by Crippen LogP contribution is -2.44. The molecule has 11 nitrogen and oxygen atoms in total. The molecule has 2 atom stereocenters. The Morgan fingerprint density at radius 1 is 1.00 bits per heavy atom. The molecule has 45 heavy (non-hydrogen) atoms.